The number of ether oxygens (including phenoxy) is 1. The molecule has 0 saturated carbocycles. The summed E-state index contributed by atoms with van der Waals surface area (Å²) < 4.78 is 18.8. The van der Waals surface area contributed by atoms with Crippen LogP contribution in [0.5, 0.6) is 5.75 Å². The summed E-state index contributed by atoms with van der Waals surface area (Å²) in [6.07, 6.45) is 2.66. The number of likely N-dealkylation sites (tertiary alicyclic amines) is 1. The molecule has 0 bridgehead atoms. The fourth-order valence-electron chi connectivity index (χ4n) is 3.28. The maximum absolute atomic E-state index is 12.9. The van der Waals surface area contributed by atoms with E-state index in [-0.39, 0.29) is 30.2 Å². The molecule has 0 spiro atoms. The highest BCUT2D eigenvalue weighted by Crippen LogP contribution is 2.19. The van der Waals surface area contributed by atoms with E-state index in [1.807, 2.05) is 4.90 Å². The van der Waals surface area contributed by atoms with Gasteiger partial charge < -0.3 is 19.9 Å². The minimum absolute atomic E-state index is 0. The van der Waals surface area contributed by atoms with Crippen LogP contribution in [0.25, 0.3) is 0 Å². The van der Waals surface area contributed by atoms with E-state index in [0.29, 0.717) is 6.42 Å². The second kappa shape index (κ2) is 9.94. The van der Waals surface area contributed by atoms with Gasteiger partial charge in [-0.05, 0) is 37.1 Å². The van der Waals surface area contributed by atoms with Crippen LogP contribution in [-0.4, -0.2) is 67.6 Å². The van der Waals surface area contributed by atoms with E-state index in [2.05, 4.69) is 10.2 Å². The zero-order valence-electron chi connectivity index (χ0n) is 14.5. The molecule has 140 valence electrons. The van der Waals surface area contributed by atoms with E-state index in [0.717, 1.165) is 64.4 Å². The van der Waals surface area contributed by atoms with Crippen molar-refractivity contribution in [2.24, 2.45) is 0 Å². The predicted octanol–water partition coefficient (Wildman–Crippen LogP) is 1.91. The highest BCUT2D eigenvalue weighted by Gasteiger charge is 2.22. The minimum atomic E-state index is -0.244. The monoisotopic (exact) mass is 371 g/mol. The predicted molar refractivity (Wildman–Crippen MR) is 97.8 cm³/mol. The third-order valence-corrected chi connectivity index (χ3v) is 4.76. The Morgan fingerprint density at radius 1 is 1.12 bits per heavy atom. The molecular formula is C18H27ClFN3O2. The Balaban J connectivity index is 0.00000225. The van der Waals surface area contributed by atoms with Gasteiger partial charge in [0.25, 0.3) is 0 Å². The van der Waals surface area contributed by atoms with Crippen molar-refractivity contribution < 1.29 is 13.9 Å². The van der Waals surface area contributed by atoms with Crippen LogP contribution in [0.1, 0.15) is 19.3 Å². The molecule has 1 aromatic carbocycles. The van der Waals surface area contributed by atoms with E-state index in [4.69, 9.17) is 4.74 Å². The molecule has 3 rings (SSSR count). The van der Waals surface area contributed by atoms with Crippen molar-refractivity contribution in [2.45, 2.75) is 25.4 Å². The van der Waals surface area contributed by atoms with Crippen LogP contribution in [0, 0.1) is 5.82 Å². The highest BCUT2D eigenvalue weighted by atomic mass is 35.5. The second-order valence-corrected chi connectivity index (χ2v) is 6.49. The SMILES string of the molecule is Cl.O=C(CCN1CCC(Oc2ccc(F)cc2)CC1)N1CCNCC1. The quantitative estimate of drug-likeness (QED) is 0.858. The number of nitrogens with one attached hydrogen (secondary N) is 1. The first-order valence-electron chi connectivity index (χ1n) is 8.84. The lowest BCUT2D eigenvalue weighted by Gasteiger charge is -2.33. The molecular weight excluding hydrogens is 345 g/mol. The van der Waals surface area contributed by atoms with Crippen LogP contribution in [-0.2, 0) is 4.79 Å². The largest absolute Gasteiger partial charge is 0.490 e. The Morgan fingerprint density at radius 3 is 2.40 bits per heavy atom. The summed E-state index contributed by atoms with van der Waals surface area (Å²) in [5.74, 6) is 0.747. The lowest BCUT2D eigenvalue weighted by molar-refractivity contribution is -0.132. The topological polar surface area (TPSA) is 44.8 Å². The summed E-state index contributed by atoms with van der Waals surface area (Å²) >= 11 is 0. The Labute approximate surface area is 154 Å². The average Bonchev–Trinajstić information content (AvgIpc) is 2.63. The van der Waals surface area contributed by atoms with Crippen LogP contribution in [0.2, 0.25) is 0 Å². The molecule has 1 amide bonds. The number of piperidine rings is 1. The zero-order chi connectivity index (χ0) is 16.8. The molecule has 2 saturated heterocycles. The number of hydrogen-bond acceptors (Lipinski definition) is 4. The van der Waals surface area contributed by atoms with Crippen molar-refractivity contribution in [3.05, 3.63) is 30.1 Å². The fourth-order valence-corrected chi connectivity index (χ4v) is 3.28. The Morgan fingerprint density at radius 2 is 1.76 bits per heavy atom. The number of rotatable bonds is 5. The van der Waals surface area contributed by atoms with Crippen molar-refractivity contribution in [3.8, 4) is 5.75 Å². The van der Waals surface area contributed by atoms with E-state index >= 15 is 0 Å². The summed E-state index contributed by atoms with van der Waals surface area (Å²) in [6.45, 7) is 6.17. The summed E-state index contributed by atoms with van der Waals surface area (Å²) in [7, 11) is 0. The first-order valence-corrected chi connectivity index (χ1v) is 8.84. The van der Waals surface area contributed by atoms with Gasteiger partial charge in [0.1, 0.15) is 17.7 Å². The molecule has 7 heteroatoms. The number of nitrogens with zero attached hydrogens (tertiary/aromatic N) is 2. The number of carbonyl (C=O) groups excluding carboxylic acids is 1. The summed E-state index contributed by atoms with van der Waals surface area (Å²) in [5.41, 5.74) is 0. The van der Waals surface area contributed by atoms with E-state index in [9.17, 15) is 9.18 Å². The molecule has 1 N–H and O–H groups in total. The average molecular weight is 372 g/mol. The standard InChI is InChI=1S/C18H26FN3O2.ClH/c19-15-1-3-16(4-2-15)24-17-5-10-21(11-6-17)12-7-18(23)22-13-8-20-9-14-22;/h1-4,17,20H,5-14H2;1H. The van der Waals surface area contributed by atoms with Crippen LogP contribution in [0.4, 0.5) is 4.39 Å². The lowest BCUT2D eigenvalue weighted by Crippen LogP contribution is -2.47. The van der Waals surface area contributed by atoms with Gasteiger partial charge in [-0.1, -0.05) is 0 Å². The molecule has 2 fully saturated rings. The van der Waals surface area contributed by atoms with E-state index < -0.39 is 0 Å². The molecule has 0 aromatic heterocycles. The van der Waals surface area contributed by atoms with Crippen molar-refractivity contribution in [3.63, 3.8) is 0 Å². The smallest absolute Gasteiger partial charge is 0.223 e. The lowest BCUT2D eigenvalue weighted by atomic mass is 10.1. The third-order valence-electron chi connectivity index (χ3n) is 4.76. The first-order chi connectivity index (χ1) is 11.7. The van der Waals surface area contributed by atoms with E-state index in [1.165, 1.54) is 12.1 Å². The Hall–Kier alpha value is -1.37. The highest BCUT2D eigenvalue weighted by molar-refractivity contribution is 5.85. The molecule has 1 aromatic rings. The van der Waals surface area contributed by atoms with Crippen LogP contribution in [0.15, 0.2) is 24.3 Å². The first kappa shape index (κ1) is 19.9. The van der Waals surface area contributed by atoms with E-state index in [1.54, 1.807) is 12.1 Å². The maximum Gasteiger partial charge on any atom is 0.223 e. The zero-order valence-corrected chi connectivity index (χ0v) is 15.3. The number of halogens is 2. The van der Waals surface area contributed by atoms with Crippen molar-refractivity contribution >= 4 is 18.3 Å². The molecule has 2 heterocycles. The van der Waals surface area contributed by atoms with Crippen LogP contribution < -0.4 is 10.1 Å². The molecule has 25 heavy (non-hydrogen) atoms. The molecule has 0 unspecified atom stereocenters. The molecule has 0 atom stereocenters. The molecule has 2 aliphatic heterocycles. The molecule has 5 nitrogen and oxygen atoms in total. The summed E-state index contributed by atoms with van der Waals surface area (Å²) in [6, 6.07) is 6.19. The number of piperazine rings is 1. The van der Waals surface area contributed by atoms with Crippen molar-refractivity contribution in [1.29, 1.82) is 0 Å². The van der Waals surface area contributed by atoms with Gasteiger partial charge in [0, 0.05) is 52.2 Å². The van der Waals surface area contributed by atoms with Gasteiger partial charge in [0.15, 0.2) is 0 Å². The van der Waals surface area contributed by atoms with Crippen molar-refractivity contribution in [2.75, 3.05) is 45.8 Å². The van der Waals surface area contributed by atoms with Gasteiger partial charge in [-0.15, -0.1) is 12.4 Å². The van der Waals surface area contributed by atoms with Gasteiger partial charge in [-0.2, -0.15) is 0 Å². The molecule has 2 aliphatic rings. The number of hydrogen-bond donors (Lipinski definition) is 1. The van der Waals surface area contributed by atoms with Gasteiger partial charge in [0.2, 0.25) is 5.91 Å². The third kappa shape index (κ3) is 6.13. The summed E-state index contributed by atoms with van der Waals surface area (Å²) in [5, 5.41) is 3.26. The van der Waals surface area contributed by atoms with Crippen LogP contribution in [0.3, 0.4) is 0 Å². The Bertz CT molecular complexity index is 530. The summed E-state index contributed by atoms with van der Waals surface area (Å²) in [4.78, 5) is 16.5. The minimum Gasteiger partial charge on any atom is -0.490 e. The number of carbonyl (C=O) groups is 1. The second-order valence-electron chi connectivity index (χ2n) is 6.49. The van der Waals surface area contributed by atoms with Gasteiger partial charge >= 0.3 is 0 Å². The Kier molecular flexibility index (Phi) is 7.93. The van der Waals surface area contributed by atoms with Gasteiger partial charge in [-0.25, -0.2) is 4.39 Å². The normalized spacial score (nSPS) is 19.3. The van der Waals surface area contributed by atoms with Gasteiger partial charge in [0.05, 0.1) is 0 Å². The number of amides is 1. The molecule has 0 aliphatic carbocycles. The number of benzene rings is 1. The molecule has 0 radical (unpaired) electrons. The fraction of sp³-hybridized carbons (Fsp3) is 0.611. The van der Waals surface area contributed by atoms with Crippen LogP contribution >= 0.6 is 12.4 Å². The van der Waals surface area contributed by atoms with Crippen molar-refractivity contribution in [1.82, 2.24) is 15.1 Å². The maximum atomic E-state index is 12.9. The van der Waals surface area contributed by atoms with Gasteiger partial charge in [-0.3, -0.25) is 4.79 Å².